The van der Waals surface area contributed by atoms with E-state index in [0.29, 0.717) is 29.8 Å². The van der Waals surface area contributed by atoms with E-state index < -0.39 is 5.92 Å². The molecule has 4 saturated carbocycles. The zero-order valence-corrected chi connectivity index (χ0v) is 16.5. The van der Waals surface area contributed by atoms with Gasteiger partial charge in [0, 0.05) is 16.7 Å². The molecular weight excluding hydrogens is 378 g/mol. The Morgan fingerprint density at radius 1 is 1.28 bits per heavy atom. The Labute approximate surface area is 168 Å². The minimum Gasteiger partial charge on any atom is -0.476 e. The number of carbonyl (C=O) groups is 1. The Bertz CT molecular complexity index is 896. The summed E-state index contributed by atoms with van der Waals surface area (Å²) in [4.78, 5) is 19.1. The number of rotatable bonds is 6. The van der Waals surface area contributed by atoms with E-state index in [1.54, 1.807) is 17.0 Å². The molecule has 5 aliphatic rings. The number of anilines is 1. The number of nitrogens with zero attached hydrogens (tertiary/aromatic N) is 2. The van der Waals surface area contributed by atoms with Crippen molar-refractivity contribution < 1.29 is 23.4 Å². The Hall–Kier alpha value is -1.76. The molecule has 0 radical (unpaired) electrons. The third-order valence-electron chi connectivity index (χ3n) is 8.12. The van der Waals surface area contributed by atoms with Gasteiger partial charge in [0.25, 0.3) is 5.92 Å². The van der Waals surface area contributed by atoms with Crippen LogP contribution >= 0.6 is 0 Å². The number of aliphatic hydroxyl groups is 1. The van der Waals surface area contributed by atoms with Crippen molar-refractivity contribution in [2.45, 2.75) is 51.1 Å². The Morgan fingerprint density at radius 3 is 2.59 bits per heavy atom. The fourth-order valence-corrected chi connectivity index (χ4v) is 5.82. The molecule has 5 atom stereocenters. The largest absolute Gasteiger partial charge is 0.476 e. The average Bonchev–Trinajstić information content (AvgIpc) is 3.54. The van der Waals surface area contributed by atoms with Gasteiger partial charge in [0.2, 0.25) is 5.88 Å². The van der Waals surface area contributed by atoms with Crippen LogP contribution in [0, 0.1) is 28.6 Å². The first-order valence-corrected chi connectivity index (χ1v) is 10.7. The maximum absolute atomic E-state index is 13.3. The van der Waals surface area contributed by atoms with Crippen LogP contribution in [0.5, 0.6) is 5.88 Å². The molecule has 5 fully saturated rings. The maximum Gasteiger partial charge on any atom is 0.282 e. The average molecular weight is 404 g/mol. The molecule has 2 spiro atoms. The molecule has 5 nitrogen and oxygen atoms in total. The molecule has 1 saturated heterocycles. The third kappa shape index (κ3) is 2.58. The summed E-state index contributed by atoms with van der Waals surface area (Å²) in [5, 5.41) is 10.7. The Balaban J connectivity index is 1.21. The summed E-state index contributed by atoms with van der Waals surface area (Å²) >= 11 is 0. The SMILES string of the molecule is CC1CC12CC1(CC1C(=O)c1ccc(N3CC(F)(F)C3)c(OCC3CC3)n1)[C@H]2O. The lowest BCUT2D eigenvalue weighted by Crippen LogP contribution is -2.56. The van der Waals surface area contributed by atoms with Gasteiger partial charge in [-0.15, -0.1) is 0 Å². The molecule has 7 heteroatoms. The molecule has 0 bridgehead atoms. The smallest absolute Gasteiger partial charge is 0.282 e. The quantitative estimate of drug-likeness (QED) is 0.737. The second-order valence-corrected chi connectivity index (χ2v) is 10.3. The van der Waals surface area contributed by atoms with E-state index in [1.165, 1.54) is 0 Å². The lowest BCUT2D eigenvalue weighted by molar-refractivity contribution is -0.0900. The molecule has 4 aliphatic carbocycles. The zero-order valence-electron chi connectivity index (χ0n) is 16.5. The highest BCUT2D eigenvalue weighted by Gasteiger charge is 2.81. The van der Waals surface area contributed by atoms with Crippen LogP contribution in [0.4, 0.5) is 14.5 Å². The van der Waals surface area contributed by atoms with E-state index in [-0.39, 0.29) is 47.6 Å². The first-order chi connectivity index (χ1) is 13.7. The van der Waals surface area contributed by atoms with Crippen LogP contribution in [0.25, 0.3) is 0 Å². The van der Waals surface area contributed by atoms with Gasteiger partial charge >= 0.3 is 0 Å². The highest BCUT2D eigenvalue weighted by molar-refractivity contribution is 5.99. The molecule has 29 heavy (non-hydrogen) atoms. The van der Waals surface area contributed by atoms with E-state index in [4.69, 9.17) is 4.74 Å². The fraction of sp³-hybridized carbons (Fsp3) is 0.727. The summed E-state index contributed by atoms with van der Waals surface area (Å²) in [7, 11) is 0. The summed E-state index contributed by atoms with van der Waals surface area (Å²) in [6, 6.07) is 3.32. The standard InChI is InChI=1S/C22H26F2N2O3/c1-12-6-20(12)9-21(19(20)28)7-14(21)17(27)15-4-5-16(26-10-22(23,24)11-26)18(25-15)29-8-13-2-3-13/h4-5,12-14,19,28H,2-3,6-11H2,1H3/t12?,14?,19-,20?,21?/m0/s1. The number of alkyl halides is 2. The summed E-state index contributed by atoms with van der Waals surface area (Å²) in [6.07, 6.45) is 4.55. The van der Waals surface area contributed by atoms with Crippen molar-refractivity contribution in [3.63, 3.8) is 0 Å². The minimum atomic E-state index is -2.68. The van der Waals surface area contributed by atoms with Gasteiger partial charge in [-0.1, -0.05) is 6.92 Å². The van der Waals surface area contributed by atoms with Crippen molar-refractivity contribution in [3.05, 3.63) is 17.8 Å². The number of pyridine rings is 1. The van der Waals surface area contributed by atoms with Crippen LogP contribution in [-0.2, 0) is 0 Å². The van der Waals surface area contributed by atoms with E-state index in [9.17, 15) is 18.7 Å². The van der Waals surface area contributed by atoms with Gasteiger partial charge in [-0.2, -0.15) is 0 Å². The number of aliphatic hydroxyl groups excluding tert-OH is 1. The highest BCUT2D eigenvalue weighted by atomic mass is 19.3. The number of ether oxygens (including phenoxy) is 1. The van der Waals surface area contributed by atoms with Crippen molar-refractivity contribution in [2.24, 2.45) is 28.6 Å². The van der Waals surface area contributed by atoms with Gasteiger partial charge in [0.15, 0.2) is 5.78 Å². The second kappa shape index (κ2) is 5.48. The third-order valence-corrected chi connectivity index (χ3v) is 8.12. The van der Waals surface area contributed by atoms with Gasteiger partial charge in [-0.25, -0.2) is 13.8 Å². The highest BCUT2D eigenvalue weighted by Crippen LogP contribution is 2.81. The van der Waals surface area contributed by atoms with E-state index >= 15 is 0 Å². The maximum atomic E-state index is 13.3. The lowest BCUT2D eigenvalue weighted by atomic mass is 9.63. The molecule has 1 aromatic heterocycles. The van der Waals surface area contributed by atoms with Crippen LogP contribution < -0.4 is 9.64 Å². The predicted octanol–water partition coefficient (Wildman–Crippen LogP) is 3.31. The summed E-state index contributed by atoms with van der Waals surface area (Å²) in [5.41, 5.74) is 0.670. The van der Waals surface area contributed by atoms with Crippen LogP contribution in [0.1, 0.15) is 49.5 Å². The topological polar surface area (TPSA) is 62.7 Å². The summed E-state index contributed by atoms with van der Waals surface area (Å²) in [5.74, 6) is -1.58. The van der Waals surface area contributed by atoms with Crippen molar-refractivity contribution in [3.8, 4) is 5.88 Å². The first kappa shape index (κ1) is 18.0. The zero-order chi connectivity index (χ0) is 20.2. The first-order valence-electron chi connectivity index (χ1n) is 10.7. The molecule has 156 valence electrons. The van der Waals surface area contributed by atoms with Crippen LogP contribution in [-0.4, -0.2) is 47.6 Å². The van der Waals surface area contributed by atoms with Gasteiger partial charge in [0.05, 0.1) is 25.8 Å². The van der Waals surface area contributed by atoms with E-state index in [0.717, 1.165) is 32.1 Å². The second-order valence-electron chi connectivity index (χ2n) is 10.3. The number of carbonyl (C=O) groups excluding carboxylic acids is 1. The van der Waals surface area contributed by atoms with Crippen molar-refractivity contribution >= 4 is 11.5 Å². The van der Waals surface area contributed by atoms with Gasteiger partial charge in [0.1, 0.15) is 11.4 Å². The van der Waals surface area contributed by atoms with Gasteiger partial charge < -0.3 is 14.7 Å². The molecule has 0 amide bonds. The molecule has 2 heterocycles. The fourth-order valence-electron chi connectivity index (χ4n) is 5.82. The molecular formula is C22H26F2N2O3. The number of hydrogen-bond donors (Lipinski definition) is 1. The molecule has 4 unspecified atom stereocenters. The van der Waals surface area contributed by atoms with Crippen LogP contribution in [0.3, 0.4) is 0 Å². The van der Waals surface area contributed by atoms with Gasteiger partial charge in [-0.05, 0) is 56.1 Å². The number of aromatic nitrogens is 1. The molecule has 1 aliphatic heterocycles. The number of hydrogen-bond acceptors (Lipinski definition) is 5. The molecule has 6 rings (SSSR count). The van der Waals surface area contributed by atoms with E-state index in [2.05, 4.69) is 11.9 Å². The number of Topliss-reactive ketones (excluding diaryl/α,β-unsaturated/α-hetero) is 1. The predicted molar refractivity (Wildman–Crippen MR) is 101 cm³/mol. The minimum absolute atomic E-state index is 0.0519. The summed E-state index contributed by atoms with van der Waals surface area (Å²) in [6.45, 7) is 1.98. The molecule has 0 aromatic carbocycles. The van der Waals surface area contributed by atoms with Crippen molar-refractivity contribution in [2.75, 3.05) is 24.6 Å². The van der Waals surface area contributed by atoms with Gasteiger partial charge in [-0.3, -0.25) is 4.79 Å². The Morgan fingerprint density at radius 2 is 2.00 bits per heavy atom. The van der Waals surface area contributed by atoms with Crippen LogP contribution in [0.2, 0.25) is 0 Å². The number of ketones is 1. The van der Waals surface area contributed by atoms with Crippen LogP contribution in [0.15, 0.2) is 12.1 Å². The molecule has 1 N–H and O–H groups in total. The van der Waals surface area contributed by atoms with Crippen molar-refractivity contribution in [1.29, 1.82) is 0 Å². The lowest BCUT2D eigenvalue weighted by Gasteiger charge is -2.45. The monoisotopic (exact) mass is 404 g/mol. The van der Waals surface area contributed by atoms with E-state index in [1.807, 2.05) is 0 Å². The normalized spacial score (nSPS) is 41.1. The summed E-state index contributed by atoms with van der Waals surface area (Å²) < 4.78 is 32.5. The molecule has 1 aromatic rings. The number of halogens is 2. The van der Waals surface area contributed by atoms with Crippen molar-refractivity contribution in [1.82, 2.24) is 4.98 Å². The Kier molecular flexibility index (Phi) is 3.41.